The largest absolute Gasteiger partial charge is 0.327 e. The van der Waals surface area contributed by atoms with Crippen LogP contribution in [0.2, 0.25) is 5.02 Å². The minimum Gasteiger partial charge on any atom is -0.327 e. The van der Waals surface area contributed by atoms with E-state index in [9.17, 15) is 0 Å². The molecule has 1 aromatic heterocycles. The van der Waals surface area contributed by atoms with E-state index < -0.39 is 0 Å². The number of fused-ring (bicyclic) bond motifs is 1. The van der Waals surface area contributed by atoms with Crippen LogP contribution in [0.15, 0.2) is 18.2 Å². The molecular weight excluding hydrogens is 258 g/mol. The number of hydrogen-bond acceptors (Lipinski definition) is 2. The van der Waals surface area contributed by atoms with Crippen molar-refractivity contribution in [3.05, 3.63) is 29.0 Å². The summed E-state index contributed by atoms with van der Waals surface area (Å²) in [6, 6.07) is 6.85. The molecule has 100 valence electrons. The van der Waals surface area contributed by atoms with Crippen LogP contribution in [-0.2, 0) is 6.42 Å². The monoisotopic (exact) mass is 275 g/mol. The first-order chi connectivity index (χ1) is 9.22. The summed E-state index contributed by atoms with van der Waals surface area (Å²) < 4.78 is 2.38. The molecule has 0 spiro atoms. The molecule has 2 N–H and O–H groups in total. The number of aromatic nitrogens is 2. The Morgan fingerprint density at radius 1 is 1.32 bits per heavy atom. The van der Waals surface area contributed by atoms with E-state index in [0.717, 1.165) is 28.7 Å². The molecule has 2 aliphatic carbocycles. The van der Waals surface area contributed by atoms with Crippen molar-refractivity contribution in [1.29, 1.82) is 0 Å². The van der Waals surface area contributed by atoms with E-state index in [4.69, 9.17) is 22.3 Å². The van der Waals surface area contributed by atoms with E-state index in [-0.39, 0.29) is 6.04 Å². The summed E-state index contributed by atoms with van der Waals surface area (Å²) in [7, 11) is 0. The van der Waals surface area contributed by atoms with E-state index >= 15 is 0 Å². The normalized spacial score (nSPS) is 20.9. The topological polar surface area (TPSA) is 43.8 Å². The Hall–Kier alpha value is -1.06. The van der Waals surface area contributed by atoms with Crippen molar-refractivity contribution >= 4 is 22.6 Å². The van der Waals surface area contributed by atoms with Crippen molar-refractivity contribution in [2.24, 2.45) is 11.7 Å². The van der Waals surface area contributed by atoms with Crippen LogP contribution in [0.5, 0.6) is 0 Å². The second-order valence-corrected chi connectivity index (χ2v) is 6.40. The van der Waals surface area contributed by atoms with Crippen molar-refractivity contribution in [3.8, 4) is 0 Å². The fraction of sp³-hybridized carbons (Fsp3) is 0.533. The molecule has 2 aromatic rings. The van der Waals surface area contributed by atoms with Gasteiger partial charge in [0.15, 0.2) is 0 Å². The third-order valence-electron chi connectivity index (χ3n) is 4.28. The predicted octanol–water partition coefficient (Wildman–Crippen LogP) is 3.30. The van der Waals surface area contributed by atoms with Crippen LogP contribution in [0.25, 0.3) is 11.0 Å². The molecule has 1 atom stereocenters. The standard InChI is InChI=1S/C15H18ClN3/c16-10-3-6-13-14(7-10)19(11-4-5-11)15(18-13)8-12(17)9-1-2-9/h3,6-7,9,11-12H,1-2,4-5,8,17H2. The lowest BCUT2D eigenvalue weighted by molar-refractivity contribution is 0.554. The van der Waals surface area contributed by atoms with Gasteiger partial charge < -0.3 is 10.3 Å². The Balaban J connectivity index is 1.77. The lowest BCUT2D eigenvalue weighted by Crippen LogP contribution is -2.26. The number of imidazole rings is 1. The minimum absolute atomic E-state index is 0.268. The van der Waals surface area contributed by atoms with Gasteiger partial charge in [0.05, 0.1) is 11.0 Å². The average molecular weight is 276 g/mol. The van der Waals surface area contributed by atoms with Gasteiger partial charge in [-0.05, 0) is 49.8 Å². The maximum Gasteiger partial charge on any atom is 0.111 e. The van der Waals surface area contributed by atoms with Gasteiger partial charge in [-0.2, -0.15) is 0 Å². The van der Waals surface area contributed by atoms with Gasteiger partial charge in [0.1, 0.15) is 5.82 Å². The zero-order valence-electron chi connectivity index (χ0n) is 10.8. The molecule has 2 fully saturated rings. The molecular formula is C15H18ClN3. The van der Waals surface area contributed by atoms with Crippen LogP contribution >= 0.6 is 11.6 Å². The highest BCUT2D eigenvalue weighted by atomic mass is 35.5. The summed E-state index contributed by atoms with van der Waals surface area (Å²) in [5.74, 6) is 1.87. The Kier molecular flexibility index (Phi) is 2.61. The summed E-state index contributed by atoms with van der Waals surface area (Å²) >= 11 is 6.13. The SMILES string of the molecule is NC(Cc1nc2ccc(Cl)cc2n1C1CC1)C1CC1. The maximum absolute atomic E-state index is 6.27. The average Bonchev–Trinajstić information content (AvgIpc) is 3.25. The lowest BCUT2D eigenvalue weighted by Gasteiger charge is -2.12. The lowest BCUT2D eigenvalue weighted by atomic mass is 10.1. The second-order valence-electron chi connectivity index (χ2n) is 5.97. The number of benzene rings is 1. The van der Waals surface area contributed by atoms with Crippen molar-refractivity contribution in [2.45, 2.75) is 44.2 Å². The van der Waals surface area contributed by atoms with E-state index in [1.165, 1.54) is 31.2 Å². The van der Waals surface area contributed by atoms with Gasteiger partial charge in [0.25, 0.3) is 0 Å². The Morgan fingerprint density at radius 3 is 2.79 bits per heavy atom. The Labute approximate surface area is 117 Å². The number of nitrogens with zero attached hydrogens (tertiary/aromatic N) is 2. The summed E-state index contributed by atoms with van der Waals surface area (Å²) in [5, 5.41) is 0.785. The molecule has 3 nitrogen and oxygen atoms in total. The summed E-state index contributed by atoms with van der Waals surface area (Å²) in [6.45, 7) is 0. The fourth-order valence-corrected chi connectivity index (χ4v) is 3.07. The fourth-order valence-electron chi connectivity index (χ4n) is 2.90. The van der Waals surface area contributed by atoms with Gasteiger partial charge in [-0.25, -0.2) is 4.98 Å². The molecule has 2 aliphatic rings. The highest BCUT2D eigenvalue weighted by Gasteiger charge is 2.32. The molecule has 1 unspecified atom stereocenters. The van der Waals surface area contributed by atoms with Crippen molar-refractivity contribution in [3.63, 3.8) is 0 Å². The number of halogens is 1. The van der Waals surface area contributed by atoms with Gasteiger partial charge in [-0.15, -0.1) is 0 Å². The first-order valence-corrected chi connectivity index (χ1v) is 7.52. The summed E-state index contributed by atoms with van der Waals surface area (Å²) in [5.41, 5.74) is 8.50. The molecule has 0 bridgehead atoms. The van der Waals surface area contributed by atoms with Crippen LogP contribution in [0.1, 0.15) is 37.5 Å². The van der Waals surface area contributed by atoms with Crippen LogP contribution in [-0.4, -0.2) is 15.6 Å². The van der Waals surface area contributed by atoms with Gasteiger partial charge in [-0.3, -0.25) is 0 Å². The first kappa shape index (κ1) is 11.7. The number of hydrogen-bond donors (Lipinski definition) is 1. The zero-order chi connectivity index (χ0) is 13.0. The van der Waals surface area contributed by atoms with E-state index in [2.05, 4.69) is 4.57 Å². The van der Waals surface area contributed by atoms with E-state index in [1.54, 1.807) is 0 Å². The third-order valence-corrected chi connectivity index (χ3v) is 4.52. The van der Waals surface area contributed by atoms with Gasteiger partial charge in [0.2, 0.25) is 0 Å². The third kappa shape index (κ3) is 2.15. The summed E-state index contributed by atoms with van der Waals surface area (Å²) in [4.78, 5) is 4.79. The molecule has 4 rings (SSSR count). The molecule has 0 radical (unpaired) electrons. The second kappa shape index (κ2) is 4.22. The van der Waals surface area contributed by atoms with Crippen LogP contribution in [0, 0.1) is 5.92 Å². The highest BCUT2D eigenvalue weighted by Crippen LogP contribution is 2.40. The Bertz CT molecular complexity index is 626. The molecule has 0 amide bonds. The molecule has 1 aromatic carbocycles. The quantitative estimate of drug-likeness (QED) is 0.930. The molecule has 0 saturated heterocycles. The van der Waals surface area contributed by atoms with Gasteiger partial charge in [0, 0.05) is 23.5 Å². The molecule has 4 heteroatoms. The van der Waals surface area contributed by atoms with Crippen LogP contribution < -0.4 is 5.73 Å². The number of nitrogens with two attached hydrogens (primary N) is 1. The van der Waals surface area contributed by atoms with Crippen molar-refractivity contribution < 1.29 is 0 Å². The first-order valence-electron chi connectivity index (χ1n) is 7.14. The minimum atomic E-state index is 0.268. The van der Waals surface area contributed by atoms with Gasteiger partial charge in [-0.1, -0.05) is 11.6 Å². The zero-order valence-corrected chi connectivity index (χ0v) is 11.6. The molecule has 2 saturated carbocycles. The molecule has 0 aliphatic heterocycles. The van der Waals surface area contributed by atoms with Crippen molar-refractivity contribution in [2.75, 3.05) is 0 Å². The van der Waals surface area contributed by atoms with E-state index in [1.807, 2.05) is 18.2 Å². The van der Waals surface area contributed by atoms with E-state index in [0.29, 0.717) is 6.04 Å². The smallest absolute Gasteiger partial charge is 0.111 e. The predicted molar refractivity (Wildman–Crippen MR) is 77.4 cm³/mol. The number of rotatable bonds is 4. The van der Waals surface area contributed by atoms with Crippen LogP contribution in [0.4, 0.5) is 0 Å². The maximum atomic E-state index is 6.27. The molecule has 19 heavy (non-hydrogen) atoms. The van der Waals surface area contributed by atoms with Crippen LogP contribution in [0.3, 0.4) is 0 Å². The van der Waals surface area contributed by atoms with Crippen molar-refractivity contribution in [1.82, 2.24) is 9.55 Å². The van der Waals surface area contributed by atoms with Gasteiger partial charge >= 0.3 is 0 Å². The summed E-state index contributed by atoms with van der Waals surface area (Å²) in [6.07, 6.45) is 5.98. The highest BCUT2D eigenvalue weighted by molar-refractivity contribution is 6.31. The molecule has 1 heterocycles. The Morgan fingerprint density at radius 2 is 2.11 bits per heavy atom.